The molecular formula is C19H29NO. The van der Waals surface area contributed by atoms with Crippen LogP contribution in [-0.4, -0.2) is 18.7 Å². The Morgan fingerprint density at radius 2 is 1.95 bits per heavy atom. The van der Waals surface area contributed by atoms with E-state index in [1.165, 1.54) is 50.5 Å². The first-order valence-corrected chi connectivity index (χ1v) is 8.71. The highest BCUT2D eigenvalue weighted by Crippen LogP contribution is 2.52. The standard InChI is InChI=1S/C19H29NO/c1-3-20-17-14-18(19(17)11-6-4-5-7-12-19)21-16-10-8-9-15(2)13-16/h8-10,13,17-18,20H,3-7,11-12,14H2,1-2H3. The summed E-state index contributed by atoms with van der Waals surface area (Å²) in [6.07, 6.45) is 9.78. The van der Waals surface area contributed by atoms with Crippen LogP contribution in [0.2, 0.25) is 0 Å². The summed E-state index contributed by atoms with van der Waals surface area (Å²) in [5, 5.41) is 3.72. The number of hydrogen-bond donors (Lipinski definition) is 1. The van der Waals surface area contributed by atoms with Gasteiger partial charge in [-0.2, -0.15) is 0 Å². The average Bonchev–Trinajstić information content (AvgIpc) is 2.74. The van der Waals surface area contributed by atoms with Gasteiger partial charge < -0.3 is 10.1 Å². The van der Waals surface area contributed by atoms with Gasteiger partial charge >= 0.3 is 0 Å². The Morgan fingerprint density at radius 3 is 2.62 bits per heavy atom. The molecule has 1 N–H and O–H groups in total. The van der Waals surface area contributed by atoms with Gasteiger partial charge in [-0.25, -0.2) is 0 Å². The van der Waals surface area contributed by atoms with E-state index in [0.717, 1.165) is 12.3 Å². The molecule has 2 nitrogen and oxygen atoms in total. The molecule has 2 atom stereocenters. The third-order valence-corrected chi connectivity index (χ3v) is 5.54. The summed E-state index contributed by atoms with van der Waals surface area (Å²) < 4.78 is 6.42. The predicted molar refractivity (Wildman–Crippen MR) is 87.8 cm³/mol. The van der Waals surface area contributed by atoms with Crippen molar-refractivity contribution >= 4 is 0 Å². The molecule has 2 aliphatic carbocycles. The van der Waals surface area contributed by atoms with Crippen LogP contribution >= 0.6 is 0 Å². The molecular weight excluding hydrogens is 258 g/mol. The van der Waals surface area contributed by atoms with Crippen molar-refractivity contribution in [1.82, 2.24) is 5.32 Å². The molecule has 0 heterocycles. The maximum Gasteiger partial charge on any atom is 0.120 e. The molecule has 0 saturated heterocycles. The van der Waals surface area contributed by atoms with Gasteiger partial charge in [0.1, 0.15) is 11.9 Å². The highest BCUT2D eigenvalue weighted by Gasteiger charge is 2.55. The third-order valence-electron chi connectivity index (χ3n) is 5.54. The SMILES string of the molecule is CCNC1CC(Oc2cccc(C)c2)C12CCCCCC2. The van der Waals surface area contributed by atoms with Crippen LogP contribution in [-0.2, 0) is 0 Å². The summed E-state index contributed by atoms with van der Waals surface area (Å²) in [7, 11) is 0. The first-order chi connectivity index (χ1) is 10.2. The second kappa shape index (κ2) is 6.39. The van der Waals surface area contributed by atoms with Crippen molar-refractivity contribution in [2.75, 3.05) is 6.54 Å². The number of benzene rings is 1. The molecule has 2 saturated carbocycles. The van der Waals surface area contributed by atoms with E-state index in [0.29, 0.717) is 17.6 Å². The van der Waals surface area contributed by atoms with Gasteiger partial charge in [-0.3, -0.25) is 0 Å². The summed E-state index contributed by atoms with van der Waals surface area (Å²) in [5.74, 6) is 1.05. The van der Waals surface area contributed by atoms with Gasteiger partial charge in [0.15, 0.2) is 0 Å². The molecule has 0 bridgehead atoms. The van der Waals surface area contributed by atoms with Gasteiger partial charge in [-0.15, -0.1) is 0 Å². The van der Waals surface area contributed by atoms with E-state index in [1.807, 2.05) is 0 Å². The lowest BCUT2D eigenvalue weighted by molar-refractivity contribution is -0.0900. The average molecular weight is 287 g/mol. The van der Waals surface area contributed by atoms with Crippen LogP contribution in [0.5, 0.6) is 5.75 Å². The molecule has 0 aromatic heterocycles. The zero-order valence-electron chi connectivity index (χ0n) is 13.5. The smallest absolute Gasteiger partial charge is 0.120 e. The van der Waals surface area contributed by atoms with Gasteiger partial charge in [0.05, 0.1) is 0 Å². The Bertz CT molecular complexity index is 462. The highest BCUT2D eigenvalue weighted by molar-refractivity contribution is 5.28. The summed E-state index contributed by atoms with van der Waals surface area (Å²) in [4.78, 5) is 0. The fraction of sp³-hybridized carbons (Fsp3) is 0.684. The van der Waals surface area contributed by atoms with Gasteiger partial charge in [0, 0.05) is 17.9 Å². The first kappa shape index (κ1) is 14.9. The molecule has 2 fully saturated rings. The Balaban J connectivity index is 1.75. The number of rotatable bonds is 4. The number of nitrogens with one attached hydrogen (secondary N) is 1. The van der Waals surface area contributed by atoms with E-state index in [9.17, 15) is 0 Å². The maximum absolute atomic E-state index is 6.42. The summed E-state index contributed by atoms with van der Waals surface area (Å²) >= 11 is 0. The van der Waals surface area contributed by atoms with E-state index in [1.54, 1.807) is 0 Å². The van der Waals surface area contributed by atoms with E-state index in [4.69, 9.17) is 4.74 Å². The van der Waals surface area contributed by atoms with E-state index >= 15 is 0 Å². The highest BCUT2D eigenvalue weighted by atomic mass is 16.5. The monoisotopic (exact) mass is 287 g/mol. The molecule has 21 heavy (non-hydrogen) atoms. The van der Waals surface area contributed by atoms with Crippen molar-refractivity contribution < 1.29 is 4.74 Å². The largest absolute Gasteiger partial charge is 0.490 e. The minimum Gasteiger partial charge on any atom is -0.490 e. The fourth-order valence-corrected chi connectivity index (χ4v) is 4.36. The molecule has 2 unspecified atom stereocenters. The second-order valence-electron chi connectivity index (χ2n) is 6.92. The first-order valence-electron chi connectivity index (χ1n) is 8.71. The molecule has 1 spiro atoms. The van der Waals surface area contributed by atoms with Crippen LogP contribution in [0.4, 0.5) is 0 Å². The van der Waals surface area contributed by atoms with Crippen molar-refractivity contribution in [2.45, 2.75) is 70.9 Å². The lowest BCUT2D eigenvalue weighted by Crippen LogP contribution is -2.64. The minimum atomic E-state index is 0.385. The van der Waals surface area contributed by atoms with Crippen molar-refractivity contribution in [2.24, 2.45) is 5.41 Å². The van der Waals surface area contributed by atoms with E-state index < -0.39 is 0 Å². The normalized spacial score (nSPS) is 27.9. The third kappa shape index (κ3) is 2.96. The van der Waals surface area contributed by atoms with Gasteiger partial charge in [-0.1, -0.05) is 44.7 Å². The Kier molecular flexibility index (Phi) is 4.54. The van der Waals surface area contributed by atoms with Gasteiger partial charge in [-0.05, 0) is 44.0 Å². The topological polar surface area (TPSA) is 21.3 Å². The number of hydrogen-bond acceptors (Lipinski definition) is 2. The number of aryl methyl sites for hydroxylation is 1. The summed E-state index contributed by atoms with van der Waals surface area (Å²) in [6.45, 7) is 5.43. The second-order valence-corrected chi connectivity index (χ2v) is 6.92. The molecule has 116 valence electrons. The predicted octanol–water partition coefficient (Wildman–Crippen LogP) is 4.46. The van der Waals surface area contributed by atoms with Gasteiger partial charge in [0.25, 0.3) is 0 Å². The van der Waals surface area contributed by atoms with Gasteiger partial charge in [0.2, 0.25) is 0 Å². The van der Waals surface area contributed by atoms with Crippen LogP contribution in [0.25, 0.3) is 0 Å². The van der Waals surface area contributed by atoms with Crippen molar-refractivity contribution in [1.29, 1.82) is 0 Å². The van der Waals surface area contributed by atoms with Crippen LogP contribution in [0, 0.1) is 12.3 Å². The van der Waals surface area contributed by atoms with Crippen molar-refractivity contribution in [3.05, 3.63) is 29.8 Å². The number of ether oxygens (including phenoxy) is 1. The molecule has 2 heteroatoms. The quantitative estimate of drug-likeness (QED) is 0.882. The molecule has 1 aromatic carbocycles. The molecule has 0 radical (unpaired) electrons. The minimum absolute atomic E-state index is 0.385. The molecule has 0 amide bonds. The fourth-order valence-electron chi connectivity index (χ4n) is 4.36. The Hall–Kier alpha value is -1.02. The van der Waals surface area contributed by atoms with Crippen molar-refractivity contribution in [3.63, 3.8) is 0 Å². The summed E-state index contributed by atoms with van der Waals surface area (Å²) in [6, 6.07) is 9.18. The van der Waals surface area contributed by atoms with Crippen LogP contribution < -0.4 is 10.1 Å². The van der Waals surface area contributed by atoms with E-state index in [2.05, 4.69) is 43.4 Å². The lowest BCUT2D eigenvalue weighted by atomic mass is 9.57. The Morgan fingerprint density at radius 1 is 1.19 bits per heavy atom. The van der Waals surface area contributed by atoms with E-state index in [-0.39, 0.29) is 0 Å². The maximum atomic E-state index is 6.42. The molecule has 3 rings (SSSR count). The molecule has 0 aliphatic heterocycles. The van der Waals surface area contributed by atoms with Crippen LogP contribution in [0.3, 0.4) is 0 Å². The lowest BCUT2D eigenvalue weighted by Gasteiger charge is -2.56. The molecule has 1 aromatic rings. The van der Waals surface area contributed by atoms with Crippen LogP contribution in [0.15, 0.2) is 24.3 Å². The zero-order chi connectivity index (χ0) is 14.7. The van der Waals surface area contributed by atoms with Crippen molar-refractivity contribution in [3.8, 4) is 5.75 Å². The zero-order valence-corrected chi connectivity index (χ0v) is 13.5. The summed E-state index contributed by atoms with van der Waals surface area (Å²) in [5.41, 5.74) is 1.67. The Labute approximate surface area is 129 Å². The molecule has 2 aliphatic rings. The van der Waals surface area contributed by atoms with Crippen LogP contribution in [0.1, 0.15) is 57.4 Å².